The van der Waals surface area contributed by atoms with E-state index in [4.69, 9.17) is 0 Å². The summed E-state index contributed by atoms with van der Waals surface area (Å²) in [4.78, 5) is 25.9. The quantitative estimate of drug-likeness (QED) is 0.857. The van der Waals surface area contributed by atoms with Crippen LogP contribution in [0.4, 0.5) is 4.39 Å². The Balaban J connectivity index is 1.46. The van der Waals surface area contributed by atoms with Crippen molar-refractivity contribution >= 4 is 11.9 Å². The molecule has 2 heterocycles. The molecule has 0 saturated carbocycles. The Bertz CT molecular complexity index is 974. The molecule has 29 heavy (non-hydrogen) atoms. The van der Waals surface area contributed by atoms with Crippen molar-refractivity contribution in [3.63, 3.8) is 0 Å². The van der Waals surface area contributed by atoms with E-state index in [0.717, 1.165) is 40.8 Å². The van der Waals surface area contributed by atoms with Crippen molar-refractivity contribution in [3.05, 3.63) is 51.8 Å². The number of likely N-dealkylation sites (tertiary alicyclic amines) is 1. The van der Waals surface area contributed by atoms with Crippen molar-refractivity contribution in [2.45, 2.75) is 58.2 Å². The molecule has 2 aromatic rings. The van der Waals surface area contributed by atoms with Crippen LogP contribution in [0.3, 0.4) is 0 Å². The van der Waals surface area contributed by atoms with Crippen molar-refractivity contribution < 1.29 is 19.1 Å². The third-order valence-electron chi connectivity index (χ3n) is 6.49. The molecule has 2 aliphatic rings. The van der Waals surface area contributed by atoms with Crippen LogP contribution in [0.25, 0.3) is 0 Å². The zero-order chi connectivity index (χ0) is 20.8. The lowest BCUT2D eigenvalue weighted by Gasteiger charge is -2.37. The van der Waals surface area contributed by atoms with E-state index in [0.29, 0.717) is 19.5 Å². The molecule has 1 fully saturated rings. The molecule has 0 spiro atoms. The maximum absolute atomic E-state index is 15.7. The van der Waals surface area contributed by atoms with Gasteiger partial charge in [0.2, 0.25) is 5.91 Å². The Morgan fingerprint density at radius 3 is 2.62 bits per heavy atom. The average molecular weight is 399 g/mol. The number of hydrogen-bond acceptors (Lipinski definition) is 3. The van der Waals surface area contributed by atoms with Gasteiger partial charge < -0.3 is 10.0 Å². The highest BCUT2D eigenvalue weighted by Crippen LogP contribution is 2.39. The zero-order valence-corrected chi connectivity index (χ0v) is 16.9. The number of carboxylic acid groups (broad SMARTS) is 1. The van der Waals surface area contributed by atoms with Gasteiger partial charge in [0.15, 0.2) is 5.69 Å². The number of carboxylic acids is 1. The van der Waals surface area contributed by atoms with Gasteiger partial charge in [0.25, 0.3) is 0 Å². The Morgan fingerprint density at radius 2 is 1.93 bits per heavy atom. The fourth-order valence-electron chi connectivity index (χ4n) is 4.66. The maximum atomic E-state index is 15.7. The summed E-state index contributed by atoms with van der Waals surface area (Å²) in [6.45, 7) is 4.63. The van der Waals surface area contributed by atoms with Gasteiger partial charge in [-0.3, -0.25) is 9.48 Å². The number of amides is 1. The third kappa shape index (κ3) is 3.43. The van der Waals surface area contributed by atoms with Crippen molar-refractivity contribution in [2.75, 3.05) is 13.1 Å². The first-order chi connectivity index (χ1) is 13.8. The van der Waals surface area contributed by atoms with E-state index < -0.39 is 11.6 Å². The molecule has 1 aliphatic heterocycles. The second kappa shape index (κ2) is 7.28. The third-order valence-corrected chi connectivity index (χ3v) is 6.49. The van der Waals surface area contributed by atoms with Crippen LogP contribution in [0.5, 0.6) is 0 Å². The van der Waals surface area contributed by atoms with Gasteiger partial charge in [-0.25, -0.2) is 9.18 Å². The van der Waals surface area contributed by atoms with Gasteiger partial charge in [0.05, 0.1) is 0 Å². The van der Waals surface area contributed by atoms with Crippen LogP contribution >= 0.6 is 0 Å². The molecule has 1 aliphatic carbocycles. The topological polar surface area (TPSA) is 75.4 Å². The number of carbonyl (C=O) groups excluding carboxylic acids is 1. The largest absolute Gasteiger partial charge is 0.476 e. The lowest BCUT2D eigenvalue weighted by molar-refractivity contribution is -0.134. The van der Waals surface area contributed by atoms with Gasteiger partial charge in [0, 0.05) is 37.2 Å². The number of halogens is 1. The van der Waals surface area contributed by atoms with Gasteiger partial charge in [0.1, 0.15) is 12.2 Å². The Kier molecular flexibility index (Phi) is 4.92. The molecule has 1 saturated heterocycles. The molecule has 7 heteroatoms. The van der Waals surface area contributed by atoms with E-state index in [9.17, 15) is 14.7 Å². The molecular formula is C22H26FN3O3. The van der Waals surface area contributed by atoms with E-state index >= 15 is 4.39 Å². The van der Waals surface area contributed by atoms with Gasteiger partial charge in [-0.15, -0.1) is 0 Å². The summed E-state index contributed by atoms with van der Waals surface area (Å²) < 4.78 is 17.2. The SMILES string of the molecule is Cc1cccc(C2(F)CCN(C(=O)Cn3nc(C(=O)O)c4c3CCC4)CC2)c1C. The smallest absolute Gasteiger partial charge is 0.356 e. The Hall–Kier alpha value is -2.70. The van der Waals surface area contributed by atoms with Gasteiger partial charge in [-0.2, -0.15) is 5.10 Å². The molecule has 154 valence electrons. The molecule has 6 nitrogen and oxygen atoms in total. The average Bonchev–Trinajstić information content (AvgIpc) is 3.28. The minimum atomic E-state index is -1.42. The van der Waals surface area contributed by atoms with Crippen LogP contribution < -0.4 is 0 Å². The first kappa shape index (κ1) is 19.6. The van der Waals surface area contributed by atoms with Crippen LogP contribution in [-0.4, -0.2) is 44.8 Å². The molecule has 1 amide bonds. The van der Waals surface area contributed by atoms with E-state index in [1.165, 1.54) is 4.68 Å². The van der Waals surface area contributed by atoms with E-state index in [1.807, 2.05) is 32.0 Å². The number of carbonyl (C=O) groups is 2. The zero-order valence-electron chi connectivity index (χ0n) is 16.9. The standard InChI is InChI=1S/C22H26FN3O3/c1-14-5-3-7-17(15(14)2)22(23)9-11-25(12-10-22)19(27)13-26-18-8-4-6-16(18)20(24-26)21(28)29/h3,5,7H,4,6,8-13H2,1-2H3,(H,28,29). The molecule has 1 N–H and O–H groups in total. The van der Waals surface area contributed by atoms with E-state index in [2.05, 4.69) is 5.10 Å². The lowest BCUT2D eigenvalue weighted by atomic mass is 9.82. The molecule has 1 aromatic carbocycles. The number of rotatable bonds is 4. The fraction of sp³-hybridized carbons (Fsp3) is 0.500. The van der Waals surface area contributed by atoms with Gasteiger partial charge in [-0.05, 0) is 49.8 Å². The van der Waals surface area contributed by atoms with Gasteiger partial charge >= 0.3 is 5.97 Å². The minimum Gasteiger partial charge on any atom is -0.476 e. The number of benzene rings is 1. The highest BCUT2D eigenvalue weighted by molar-refractivity contribution is 5.87. The number of fused-ring (bicyclic) bond motifs is 1. The van der Waals surface area contributed by atoms with Crippen molar-refractivity contribution in [1.82, 2.24) is 14.7 Å². The number of piperidine rings is 1. The van der Waals surface area contributed by atoms with Crippen molar-refractivity contribution in [1.29, 1.82) is 0 Å². The second-order valence-electron chi connectivity index (χ2n) is 8.18. The van der Waals surface area contributed by atoms with Crippen molar-refractivity contribution in [3.8, 4) is 0 Å². The monoisotopic (exact) mass is 399 g/mol. The lowest BCUT2D eigenvalue weighted by Crippen LogP contribution is -2.45. The summed E-state index contributed by atoms with van der Waals surface area (Å²) in [5.74, 6) is -1.19. The van der Waals surface area contributed by atoms with E-state index in [1.54, 1.807) is 4.90 Å². The summed E-state index contributed by atoms with van der Waals surface area (Å²) in [7, 11) is 0. The summed E-state index contributed by atoms with van der Waals surface area (Å²) in [6, 6.07) is 5.71. The number of nitrogens with zero attached hydrogens (tertiary/aromatic N) is 3. The highest BCUT2D eigenvalue weighted by atomic mass is 19.1. The Morgan fingerprint density at radius 1 is 1.21 bits per heavy atom. The number of aryl methyl sites for hydroxylation is 1. The molecule has 0 bridgehead atoms. The predicted molar refractivity (Wildman–Crippen MR) is 106 cm³/mol. The summed E-state index contributed by atoms with van der Waals surface area (Å²) in [6.07, 6.45) is 2.84. The summed E-state index contributed by atoms with van der Waals surface area (Å²) in [5.41, 5.74) is 3.01. The first-order valence-electron chi connectivity index (χ1n) is 10.2. The van der Waals surface area contributed by atoms with Crippen molar-refractivity contribution in [2.24, 2.45) is 0 Å². The molecule has 0 atom stereocenters. The normalized spacial score (nSPS) is 18.0. The number of hydrogen-bond donors (Lipinski definition) is 1. The second-order valence-corrected chi connectivity index (χ2v) is 8.18. The number of alkyl halides is 1. The predicted octanol–water partition coefficient (Wildman–Crippen LogP) is 3.17. The molecule has 1 aromatic heterocycles. The molecule has 0 unspecified atom stereocenters. The van der Waals surface area contributed by atoms with Crippen LogP contribution in [0.15, 0.2) is 18.2 Å². The highest BCUT2D eigenvalue weighted by Gasteiger charge is 2.39. The summed E-state index contributed by atoms with van der Waals surface area (Å²) >= 11 is 0. The van der Waals surface area contributed by atoms with Crippen LogP contribution in [0.1, 0.15) is 57.7 Å². The van der Waals surface area contributed by atoms with Crippen LogP contribution in [-0.2, 0) is 29.8 Å². The van der Waals surface area contributed by atoms with Gasteiger partial charge in [-0.1, -0.05) is 18.2 Å². The van der Waals surface area contributed by atoms with Crippen LogP contribution in [0, 0.1) is 13.8 Å². The number of aromatic nitrogens is 2. The Labute approximate surface area is 169 Å². The van der Waals surface area contributed by atoms with E-state index in [-0.39, 0.29) is 31.0 Å². The minimum absolute atomic E-state index is 0.0123. The summed E-state index contributed by atoms with van der Waals surface area (Å²) in [5, 5.41) is 13.5. The number of aromatic carboxylic acids is 1. The first-order valence-corrected chi connectivity index (χ1v) is 10.2. The molecular weight excluding hydrogens is 373 g/mol. The molecule has 4 rings (SSSR count). The maximum Gasteiger partial charge on any atom is 0.356 e. The fourth-order valence-corrected chi connectivity index (χ4v) is 4.66. The molecule has 0 radical (unpaired) electrons. The van der Waals surface area contributed by atoms with Crippen LogP contribution in [0.2, 0.25) is 0 Å².